The second-order valence-electron chi connectivity index (χ2n) is 2.18. The number of aromatic nitrogens is 2. The van der Waals surface area contributed by atoms with E-state index in [1.807, 2.05) is 0 Å². The van der Waals surface area contributed by atoms with E-state index in [4.69, 9.17) is 0 Å². The fourth-order valence-electron chi connectivity index (χ4n) is 0.704. The Bertz CT molecular complexity index is 267. The van der Waals surface area contributed by atoms with Gasteiger partial charge in [0.25, 0.3) is 0 Å². The molecule has 0 fully saturated rings. The van der Waals surface area contributed by atoms with Crippen molar-refractivity contribution in [2.24, 2.45) is 0 Å². The Morgan fingerprint density at radius 2 is 2.17 bits per heavy atom. The van der Waals surface area contributed by atoms with Crippen molar-refractivity contribution >= 4 is 17.0 Å². The van der Waals surface area contributed by atoms with Gasteiger partial charge in [0, 0.05) is 19.4 Å². The highest BCUT2D eigenvalue weighted by Gasteiger charge is 2.00. The quantitative estimate of drug-likeness (QED) is 0.609. The highest BCUT2D eigenvalue weighted by molar-refractivity contribution is 7.79. The molecule has 0 aliphatic rings. The van der Waals surface area contributed by atoms with Crippen molar-refractivity contribution in [3.8, 4) is 0 Å². The molecule has 66 valence electrons. The van der Waals surface area contributed by atoms with Crippen LogP contribution in [0.5, 0.6) is 0 Å². The van der Waals surface area contributed by atoms with Crippen molar-refractivity contribution in [1.29, 1.82) is 0 Å². The molecule has 1 aromatic heterocycles. The number of anilines is 1. The van der Waals surface area contributed by atoms with E-state index in [0.29, 0.717) is 5.95 Å². The lowest BCUT2D eigenvalue weighted by atomic mass is 10.7. The highest BCUT2D eigenvalue weighted by Crippen LogP contribution is 2.01. The van der Waals surface area contributed by atoms with E-state index in [0.717, 1.165) is 0 Å². The molecule has 0 bridgehead atoms. The van der Waals surface area contributed by atoms with Crippen molar-refractivity contribution in [3.63, 3.8) is 0 Å². The first-order chi connectivity index (χ1) is 5.70. The summed E-state index contributed by atoms with van der Waals surface area (Å²) in [4.78, 5) is 9.19. The summed E-state index contributed by atoms with van der Waals surface area (Å²) in [5, 5.41) is 0. The van der Waals surface area contributed by atoms with Crippen LogP contribution in [0, 0.1) is 0 Å². The average molecular weight is 186 g/mol. The molecule has 0 aromatic carbocycles. The molecule has 0 aliphatic heterocycles. The summed E-state index contributed by atoms with van der Waals surface area (Å²) in [6, 6.07) is 1.67. The third-order valence-electron chi connectivity index (χ3n) is 1.19. The first-order valence-electron chi connectivity index (χ1n) is 3.24. The molecular weight excluding hydrogens is 178 g/mol. The molecule has 0 saturated carbocycles. The summed E-state index contributed by atoms with van der Waals surface area (Å²) >= 11 is -2.10. The maximum absolute atomic E-state index is 10.3. The molecule has 0 spiro atoms. The summed E-state index contributed by atoms with van der Waals surface area (Å²) in [7, 11) is 1.62. The van der Waals surface area contributed by atoms with Crippen LogP contribution >= 0.6 is 0 Å². The van der Waals surface area contributed by atoms with Crippen LogP contribution in [-0.2, 0) is 11.1 Å². The number of rotatable bonds is 3. The Hall–Kier alpha value is -1.01. The van der Waals surface area contributed by atoms with Gasteiger partial charge < -0.3 is 9.45 Å². The van der Waals surface area contributed by atoms with E-state index >= 15 is 0 Å². The number of hydrogen-bond acceptors (Lipinski definition) is 5. The van der Waals surface area contributed by atoms with Gasteiger partial charge in [-0.25, -0.2) is 9.97 Å². The Labute approximate surface area is 72.7 Å². The molecule has 0 radical (unpaired) electrons. The van der Waals surface area contributed by atoms with Gasteiger partial charge in [0.2, 0.25) is 5.95 Å². The topological polar surface area (TPSA) is 69.2 Å². The molecule has 0 aliphatic carbocycles. The van der Waals surface area contributed by atoms with Crippen molar-refractivity contribution in [1.82, 2.24) is 9.97 Å². The molecule has 1 heterocycles. The number of nitrogens with zero attached hydrogens (tertiary/aromatic N) is 3. The Balaban J connectivity index is 2.65. The molecule has 1 unspecified atom stereocenters. The van der Waals surface area contributed by atoms with Crippen LogP contribution < -0.4 is 4.90 Å². The Morgan fingerprint density at radius 1 is 1.58 bits per heavy atom. The normalized spacial score (nSPS) is 12.5. The SMILES string of the molecule is CN(CS(=O)[O-])c1ncccn1. The number of hydrogen-bond donors (Lipinski definition) is 0. The Morgan fingerprint density at radius 3 is 2.67 bits per heavy atom. The van der Waals surface area contributed by atoms with Crippen LogP contribution in [0.3, 0.4) is 0 Å². The predicted octanol–water partition coefficient (Wildman–Crippen LogP) is -0.251. The molecule has 0 saturated heterocycles. The summed E-state index contributed by atoms with van der Waals surface area (Å²) in [5.74, 6) is 0.311. The van der Waals surface area contributed by atoms with Gasteiger partial charge in [0.1, 0.15) is 0 Å². The molecule has 1 aromatic rings. The smallest absolute Gasteiger partial charge is 0.225 e. The van der Waals surface area contributed by atoms with Crippen LogP contribution in [0.15, 0.2) is 18.5 Å². The minimum atomic E-state index is -2.10. The zero-order valence-corrected chi connectivity index (χ0v) is 7.32. The van der Waals surface area contributed by atoms with Gasteiger partial charge in [-0.1, -0.05) is 0 Å². The zero-order chi connectivity index (χ0) is 8.97. The molecule has 0 amide bonds. The van der Waals surface area contributed by atoms with Crippen LogP contribution in [0.4, 0.5) is 5.95 Å². The second kappa shape index (κ2) is 4.13. The average Bonchev–Trinajstić information content (AvgIpc) is 2.05. The summed E-state index contributed by atoms with van der Waals surface area (Å²) in [5.41, 5.74) is 0. The third kappa shape index (κ3) is 2.55. The fourth-order valence-corrected chi connectivity index (χ4v) is 1.14. The molecular formula is C6H8N3O2S-. The lowest BCUT2D eigenvalue weighted by Gasteiger charge is -2.17. The van der Waals surface area contributed by atoms with Crippen LogP contribution in [-0.4, -0.2) is 31.7 Å². The molecule has 1 atom stereocenters. The maximum Gasteiger partial charge on any atom is 0.225 e. The first kappa shape index (κ1) is 9.08. The van der Waals surface area contributed by atoms with Crippen LogP contribution in [0.2, 0.25) is 0 Å². The minimum Gasteiger partial charge on any atom is -0.771 e. The van der Waals surface area contributed by atoms with Gasteiger partial charge >= 0.3 is 0 Å². The largest absolute Gasteiger partial charge is 0.771 e. The molecule has 12 heavy (non-hydrogen) atoms. The summed E-state index contributed by atoms with van der Waals surface area (Å²) in [6.45, 7) is 0. The standard InChI is InChI=1S/C6H9N3O2S/c1-9(5-12(10)11)6-7-3-2-4-8-6/h2-4H,5H2,1H3,(H,10,11)/p-1. The maximum atomic E-state index is 10.3. The van der Waals surface area contributed by atoms with E-state index in [1.165, 1.54) is 4.90 Å². The lowest BCUT2D eigenvalue weighted by Crippen LogP contribution is -2.23. The van der Waals surface area contributed by atoms with Gasteiger partial charge in [-0.05, 0) is 17.1 Å². The molecule has 1 rings (SSSR count). The van der Waals surface area contributed by atoms with E-state index < -0.39 is 11.1 Å². The minimum absolute atomic E-state index is 0.0932. The second-order valence-corrected chi connectivity index (χ2v) is 3.05. The lowest BCUT2D eigenvalue weighted by molar-refractivity contribution is 0.536. The Kier molecular flexibility index (Phi) is 3.12. The van der Waals surface area contributed by atoms with Crippen LogP contribution in [0.25, 0.3) is 0 Å². The van der Waals surface area contributed by atoms with Crippen LogP contribution in [0.1, 0.15) is 0 Å². The van der Waals surface area contributed by atoms with E-state index in [2.05, 4.69) is 9.97 Å². The van der Waals surface area contributed by atoms with Crippen molar-refractivity contribution in [2.45, 2.75) is 0 Å². The van der Waals surface area contributed by atoms with E-state index in [9.17, 15) is 8.76 Å². The highest BCUT2D eigenvalue weighted by atomic mass is 32.2. The monoisotopic (exact) mass is 186 g/mol. The van der Waals surface area contributed by atoms with Gasteiger partial charge in [-0.2, -0.15) is 0 Å². The van der Waals surface area contributed by atoms with E-state index in [1.54, 1.807) is 25.5 Å². The van der Waals surface area contributed by atoms with Crippen molar-refractivity contribution in [2.75, 3.05) is 17.8 Å². The summed E-state index contributed by atoms with van der Waals surface area (Å²) < 4.78 is 20.6. The zero-order valence-electron chi connectivity index (χ0n) is 6.51. The van der Waals surface area contributed by atoms with Gasteiger partial charge in [-0.15, -0.1) is 0 Å². The molecule has 5 nitrogen and oxygen atoms in total. The molecule has 6 heteroatoms. The van der Waals surface area contributed by atoms with Gasteiger partial charge in [-0.3, -0.25) is 4.21 Å². The van der Waals surface area contributed by atoms with Crippen molar-refractivity contribution < 1.29 is 8.76 Å². The summed E-state index contributed by atoms with van der Waals surface area (Å²) in [6.07, 6.45) is 3.12. The molecule has 0 N–H and O–H groups in total. The third-order valence-corrected chi connectivity index (χ3v) is 1.79. The fraction of sp³-hybridized carbons (Fsp3) is 0.333. The predicted molar refractivity (Wildman–Crippen MR) is 44.2 cm³/mol. The van der Waals surface area contributed by atoms with Gasteiger partial charge in [0.05, 0.1) is 5.88 Å². The van der Waals surface area contributed by atoms with Crippen molar-refractivity contribution in [3.05, 3.63) is 18.5 Å². The van der Waals surface area contributed by atoms with E-state index in [-0.39, 0.29) is 5.88 Å². The van der Waals surface area contributed by atoms with Gasteiger partial charge in [0.15, 0.2) is 0 Å². The first-order valence-corrected chi connectivity index (χ1v) is 4.48.